The SMILES string of the molecule is CCCCN(C(=O)C(C)CC)c1ccccc1. The number of anilines is 1. The van der Waals surface area contributed by atoms with E-state index in [-0.39, 0.29) is 11.8 Å². The lowest BCUT2D eigenvalue weighted by molar-refractivity contribution is -0.122. The molecule has 1 atom stereocenters. The first-order valence-electron chi connectivity index (χ1n) is 6.57. The van der Waals surface area contributed by atoms with E-state index in [1.165, 1.54) is 0 Å². The van der Waals surface area contributed by atoms with Crippen molar-refractivity contribution in [3.05, 3.63) is 30.3 Å². The predicted octanol–water partition coefficient (Wildman–Crippen LogP) is 3.87. The molecule has 1 aromatic rings. The molecule has 2 heteroatoms. The van der Waals surface area contributed by atoms with Gasteiger partial charge in [0.25, 0.3) is 0 Å². The minimum Gasteiger partial charge on any atom is -0.312 e. The fourth-order valence-corrected chi connectivity index (χ4v) is 1.73. The Balaban J connectivity index is 2.84. The zero-order valence-electron chi connectivity index (χ0n) is 11.1. The normalized spacial score (nSPS) is 12.2. The molecule has 0 N–H and O–H groups in total. The molecule has 1 unspecified atom stereocenters. The number of hydrogen-bond donors (Lipinski definition) is 0. The molecule has 0 aliphatic carbocycles. The van der Waals surface area contributed by atoms with Gasteiger partial charge in [0, 0.05) is 18.2 Å². The molecule has 0 aliphatic heterocycles. The van der Waals surface area contributed by atoms with Crippen molar-refractivity contribution in [2.45, 2.75) is 40.0 Å². The van der Waals surface area contributed by atoms with Gasteiger partial charge in [0.05, 0.1) is 0 Å². The van der Waals surface area contributed by atoms with Crippen LogP contribution < -0.4 is 4.90 Å². The van der Waals surface area contributed by atoms with Gasteiger partial charge < -0.3 is 4.90 Å². The van der Waals surface area contributed by atoms with Crippen LogP contribution in [0.5, 0.6) is 0 Å². The summed E-state index contributed by atoms with van der Waals surface area (Å²) in [5.74, 6) is 0.346. The highest BCUT2D eigenvalue weighted by Crippen LogP contribution is 2.18. The van der Waals surface area contributed by atoms with Crippen molar-refractivity contribution in [3.8, 4) is 0 Å². The third kappa shape index (κ3) is 3.88. The Labute approximate surface area is 105 Å². The molecule has 94 valence electrons. The molecule has 0 heterocycles. The predicted molar refractivity (Wildman–Crippen MR) is 73.2 cm³/mol. The van der Waals surface area contributed by atoms with Crippen LogP contribution in [0.25, 0.3) is 0 Å². The number of rotatable bonds is 6. The average Bonchev–Trinajstić information content (AvgIpc) is 2.39. The van der Waals surface area contributed by atoms with Crippen LogP contribution >= 0.6 is 0 Å². The Bertz CT molecular complexity index is 334. The summed E-state index contributed by atoms with van der Waals surface area (Å²) in [6.07, 6.45) is 3.06. The Morgan fingerprint density at radius 2 is 1.88 bits per heavy atom. The lowest BCUT2D eigenvalue weighted by Gasteiger charge is -2.25. The van der Waals surface area contributed by atoms with Crippen LogP contribution in [0.3, 0.4) is 0 Å². The van der Waals surface area contributed by atoms with Crippen LogP contribution in [0.4, 0.5) is 5.69 Å². The fraction of sp³-hybridized carbons (Fsp3) is 0.533. The Hall–Kier alpha value is -1.31. The maximum Gasteiger partial charge on any atom is 0.229 e. The highest BCUT2D eigenvalue weighted by molar-refractivity contribution is 5.94. The van der Waals surface area contributed by atoms with Gasteiger partial charge in [-0.3, -0.25) is 4.79 Å². The molecule has 1 amide bonds. The summed E-state index contributed by atoms with van der Waals surface area (Å²) in [6.45, 7) is 7.04. The second-order valence-electron chi connectivity index (χ2n) is 4.49. The second-order valence-corrected chi connectivity index (χ2v) is 4.49. The minimum absolute atomic E-state index is 0.104. The zero-order valence-corrected chi connectivity index (χ0v) is 11.1. The van der Waals surface area contributed by atoms with E-state index in [4.69, 9.17) is 0 Å². The topological polar surface area (TPSA) is 20.3 Å². The average molecular weight is 233 g/mol. The maximum atomic E-state index is 12.3. The zero-order chi connectivity index (χ0) is 12.7. The summed E-state index contributed by atoms with van der Waals surface area (Å²) < 4.78 is 0. The number of carbonyl (C=O) groups is 1. The van der Waals surface area contributed by atoms with Crippen molar-refractivity contribution in [2.75, 3.05) is 11.4 Å². The van der Waals surface area contributed by atoms with Gasteiger partial charge in [0.2, 0.25) is 5.91 Å². The number of nitrogens with zero attached hydrogens (tertiary/aromatic N) is 1. The number of para-hydroxylation sites is 1. The molecule has 1 aromatic carbocycles. The first-order chi connectivity index (χ1) is 8.20. The molecule has 0 spiro atoms. The maximum absolute atomic E-state index is 12.3. The monoisotopic (exact) mass is 233 g/mol. The van der Waals surface area contributed by atoms with Gasteiger partial charge in [0.15, 0.2) is 0 Å². The van der Waals surface area contributed by atoms with Crippen molar-refractivity contribution >= 4 is 11.6 Å². The number of unbranched alkanes of at least 4 members (excludes halogenated alkanes) is 1. The van der Waals surface area contributed by atoms with Gasteiger partial charge in [-0.15, -0.1) is 0 Å². The van der Waals surface area contributed by atoms with Crippen LogP contribution in [0.15, 0.2) is 30.3 Å². The van der Waals surface area contributed by atoms with Crippen molar-refractivity contribution in [1.29, 1.82) is 0 Å². The van der Waals surface area contributed by atoms with Gasteiger partial charge in [-0.1, -0.05) is 45.4 Å². The van der Waals surface area contributed by atoms with Gasteiger partial charge in [-0.25, -0.2) is 0 Å². The molecule has 0 saturated carbocycles. The van der Waals surface area contributed by atoms with Gasteiger partial charge >= 0.3 is 0 Å². The Morgan fingerprint density at radius 3 is 2.41 bits per heavy atom. The fourth-order valence-electron chi connectivity index (χ4n) is 1.73. The van der Waals surface area contributed by atoms with Crippen molar-refractivity contribution in [3.63, 3.8) is 0 Å². The van der Waals surface area contributed by atoms with E-state index in [2.05, 4.69) is 13.8 Å². The third-order valence-corrected chi connectivity index (χ3v) is 3.10. The lowest BCUT2D eigenvalue weighted by atomic mass is 10.1. The molecule has 0 radical (unpaired) electrons. The van der Waals surface area contributed by atoms with Crippen LogP contribution in [-0.4, -0.2) is 12.5 Å². The molecule has 0 aliphatic rings. The minimum atomic E-state index is 0.104. The van der Waals surface area contributed by atoms with E-state index in [0.29, 0.717) is 0 Å². The molecule has 1 rings (SSSR count). The number of amides is 1. The van der Waals surface area contributed by atoms with Gasteiger partial charge in [-0.05, 0) is 25.0 Å². The first kappa shape index (κ1) is 13.8. The van der Waals surface area contributed by atoms with Crippen LogP contribution in [-0.2, 0) is 4.79 Å². The molecule has 0 saturated heterocycles. The summed E-state index contributed by atoms with van der Waals surface area (Å²) in [5.41, 5.74) is 1.02. The van der Waals surface area contributed by atoms with Gasteiger partial charge in [0.1, 0.15) is 0 Å². The summed E-state index contributed by atoms with van der Waals surface area (Å²) in [5, 5.41) is 0. The van der Waals surface area contributed by atoms with E-state index >= 15 is 0 Å². The number of hydrogen-bond acceptors (Lipinski definition) is 1. The molecular formula is C15H23NO. The molecule has 0 aromatic heterocycles. The number of benzene rings is 1. The van der Waals surface area contributed by atoms with E-state index in [0.717, 1.165) is 31.5 Å². The van der Waals surface area contributed by atoms with Gasteiger partial charge in [-0.2, -0.15) is 0 Å². The van der Waals surface area contributed by atoms with E-state index in [9.17, 15) is 4.79 Å². The highest BCUT2D eigenvalue weighted by Gasteiger charge is 2.19. The third-order valence-electron chi connectivity index (χ3n) is 3.10. The largest absolute Gasteiger partial charge is 0.312 e. The Kier molecular flexibility index (Phi) is 5.75. The lowest BCUT2D eigenvalue weighted by Crippen LogP contribution is -2.35. The number of carbonyl (C=O) groups excluding carboxylic acids is 1. The summed E-state index contributed by atoms with van der Waals surface area (Å²) in [4.78, 5) is 14.2. The molecule has 17 heavy (non-hydrogen) atoms. The standard InChI is InChI=1S/C15H23NO/c1-4-6-12-16(15(17)13(3)5-2)14-10-8-7-9-11-14/h7-11,13H,4-6,12H2,1-3H3. The van der Waals surface area contributed by atoms with E-state index in [1.54, 1.807) is 0 Å². The summed E-state index contributed by atoms with van der Waals surface area (Å²) in [7, 11) is 0. The first-order valence-corrected chi connectivity index (χ1v) is 6.57. The van der Waals surface area contributed by atoms with Crippen molar-refractivity contribution < 1.29 is 4.79 Å². The smallest absolute Gasteiger partial charge is 0.229 e. The molecular weight excluding hydrogens is 210 g/mol. The van der Waals surface area contributed by atoms with Crippen LogP contribution in [0.2, 0.25) is 0 Å². The highest BCUT2D eigenvalue weighted by atomic mass is 16.2. The second kappa shape index (κ2) is 7.10. The quantitative estimate of drug-likeness (QED) is 0.730. The van der Waals surface area contributed by atoms with Crippen molar-refractivity contribution in [2.24, 2.45) is 5.92 Å². The van der Waals surface area contributed by atoms with Crippen LogP contribution in [0.1, 0.15) is 40.0 Å². The van der Waals surface area contributed by atoms with E-state index < -0.39 is 0 Å². The van der Waals surface area contributed by atoms with E-state index in [1.807, 2.05) is 42.2 Å². The molecule has 2 nitrogen and oxygen atoms in total. The van der Waals surface area contributed by atoms with Crippen molar-refractivity contribution in [1.82, 2.24) is 0 Å². The Morgan fingerprint density at radius 1 is 1.24 bits per heavy atom. The molecule has 0 fully saturated rings. The summed E-state index contributed by atoms with van der Waals surface area (Å²) in [6, 6.07) is 9.97. The summed E-state index contributed by atoms with van der Waals surface area (Å²) >= 11 is 0. The van der Waals surface area contributed by atoms with Crippen LogP contribution in [0, 0.1) is 5.92 Å². The molecule has 0 bridgehead atoms.